The normalized spacial score (nSPS) is 12.4. The van der Waals surface area contributed by atoms with Crippen molar-refractivity contribution in [2.75, 3.05) is 13.2 Å². The van der Waals surface area contributed by atoms with Crippen LogP contribution < -0.4 is 0 Å². The summed E-state index contributed by atoms with van der Waals surface area (Å²) in [7, 11) is 0. The van der Waals surface area contributed by atoms with Gasteiger partial charge in [-0.1, -0.05) is 332 Å². The molecule has 0 spiro atoms. The first-order valence-corrected chi connectivity index (χ1v) is 35.3. The highest BCUT2D eigenvalue weighted by Crippen LogP contribution is 2.18. The number of rotatable bonds is 65. The molecular formula is C74H134O6. The minimum absolute atomic E-state index is 0.0701. The largest absolute Gasteiger partial charge is 0.462 e. The Morgan fingerprint density at radius 2 is 0.487 bits per heavy atom. The van der Waals surface area contributed by atoms with E-state index in [1.807, 2.05) is 0 Å². The van der Waals surface area contributed by atoms with Gasteiger partial charge in [-0.3, -0.25) is 14.4 Å². The maximum atomic E-state index is 12.9. The molecule has 0 fully saturated rings. The van der Waals surface area contributed by atoms with Crippen LogP contribution >= 0.6 is 0 Å². The minimum Gasteiger partial charge on any atom is -0.462 e. The van der Waals surface area contributed by atoms with Gasteiger partial charge in [-0.25, -0.2) is 0 Å². The van der Waals surface area contributed by atoms with Crippen LogP contribution in [0.4, 0.5) is 0 Å². The number of unbranched alkanes of at least 4 members (excludes halogenated alkanes) is 44. The molecule has 0 heterocycles. The van der Waals surface area contributed by atoms with Crippen LogP contribution in [0.2, 0.25) is 0 Å². The van der Waals surface area contributed by atoms with Crippen LogP contribution in [0.25, 0.3) is 0 Å². The van der Waals surface area contributed by atoms with E-state index in [0.717, 1.165) is 89.9 Å². The monoisotopic (exact) mass is 1120 g/mol. The highest BCUT2D eigenvalue weighted by molar-refractivity contribution is 5.71. The average molecular weight is 1120 g/mol. The van der Waals surface area contributed by atoms with Crippen LogP contribution in [0.15, 0.2) is 60.8 Å². The van der Waals surface area contributed by atoms with Gasteiger partial charge in [0, 0.05) is 19.3 Å². The topological polar surface area (TPSA) is 78.9 Å². The second-order valence-electron chi connectivity index (χ2n) is 23.8. The highest BCUT2D eigenvalue weighted by Gasteiger charge is 2.19. The molecule has 0 amide bonds. The minimum atomic E-state index is -0.773. The lowest BCUT2D eigenvalue weighted by Crippen LogP contribution is -2.30. The van der Waals surface area contributed by atoms with Crippen LogP contribution in [0.1, 0.15) is 374 Å². The Bertz CT molecular complexity index is 1430. The molecule has 466 valence electrons. The summed E-state index contributed by atoms with van der Waals surface area (Å²) in [4.78, 5) is 38.4. The first-order valence-electron chi connectivity index (χ1n) is 35.3. The summed E-state index contributed by atoms with van der Waals surface area (Å²) in [6.45, 7) is 6.57. The Balaban J connectivity index is 4.12. The number of hydrogen-bond donors (Lipinski definition) is 0. The van der Waals surface area contributed by atoms with Crippen LogP contribution in [0.5, 0.6) is 0 Å². The molecule has 80 heavy (non-hydrogen) atoms. The van der Waals surface area contributed by atoms with Gasteiger partial charge < -0.3 is 14.2 Å². The van der Waals surface area contributed by atoms with Crippen molar-refractivity contribution in [2.45, 2.75) is 380 Å². The lowest BCUT2D eigenvalue weighted by Gasteiger charge is -2.18. The molecule has 0 aromatic heterocycles. The van der Waals surface area contributed by atoms with Crippen molar-refractivity contribution < 1.29 is 28.6 Å². The highest BCUT2D eigenvalue weighted by atomic mass is 16.6. The Kier molecular flexibility index (Phi) is 66.1. The maximum absolute atomic E-state index is 12.9. The van der Waals surface area contributed by atoms with Crippen LogP contribution in [0, 0.1) is 0 Å². The Morgan fingerprint density at radius 3 is 0.775 bits per heavy atom. The van der Waals surface area contributed by atoms with Crippen molar-refractivity contribution in [3.63, 3.8) is 0 Å². The van der Waals surface area contributed by atoms with Gasteiger partial charge in [0.1, 0.15) is 13.2 Å². The molecule has 0 aromatic carbocycles. The Hall–Kier alpha value is -2.89. The van der Waals surface area contributed by atoms with Crippen LogP contribution in [-0.4, -0.2) is 37.2 Å². The fraction of sp³-hybridized carbons (Fsp3) is 0.824. The molecule has 1 unspecified atom stereocenters. The first kappa shape index (κ1) is 77.1. The standard InChI is InChI=1S/C74H134O6/c1-4-7-10-13-16-19-22-25-28-29-30-31-32-33-34-35-36-37-38-39-40-41-42-43-44-45-47-49-52-55-58-61-64-67-73(76)79-70-71(69-78-72(75)66-63-60-57-54-51-48-27-24-21-18-15-12-9-6-3)80-74(77)68-65-62-59-56-53-50-46-26-23-20-17-14-11-8-5-2/h7,10,16,19,24-25,27-28,30-31,71H,4-6,8-9,11-15,17-18,20-23,26,29,32-70H2,1-3H3/b10-7-,19-16-,27-24-,28-25-,31-30-. The van der Waals surface area contributed by atoms with Gasteiger partial charge in [0.15, 0.2) is 6.10 Å². The molecule has 6 heteroatoms. The third kappa shape index (κ3) is 65.9. The van der Waals surface area contributed by atoms with Crippen molar-refractivity contribution >= 4 is 17.9 Å². The summed E-state index contributed by atoms with van der Waals surface area (Å²) in [5.74, 6) is -0.853. The maximum Gasteiger partial charge on any atom is 0.306 e. The van der Waals surface area contributed by atoms with Crippen molar-refractivity contribution in [2.24, 2.45) is 0 Å². The van der Waals surface area contributed by atoms with E-state index in [0.29, 0.717) is 19.3 Å². The van der Waals surface area contributed by atoms with Gasteiger partial charge >= 0.3 is 17.9 Å². The number of allylic oxidation sites excluding steroid dienone is 10. The molecule has 0 bridgehead atoms. The van der Waals surface area contributed by atoms with Gasteiger partial charge in [-0.05, 0) is 83.5 Å². The lowest BCUT2D eigenvalue weighted by atomic mass is 10.0. The third-order valence-electron chi connectivity index (χ3n) is 15.8. The number of ether oxygens (including phenoxy) is 3. The predicted octanol–water partition coefficient (Wildman–Crippen LogP) is 24.3. The molecule has 0 rings (SSSR count). The van der Waals surface area contributed by atoms with E-state index < -0.39 is 6.10 Å². The third-order valence-corrected chi connectivity index (χ3v) is 15.8. The Morgan fingerprint density at radius 1 is 0.263 bits per heavy atom. The zero-order chi connectivity index (χ0) is 57.8. The lowest BCUT2D eigenvalue weighted by molar-refractivity contribution is -0.167. The number of hydrogen-bond acceptors (Lipinski definition) is 6. The Labute approximate surface area is 498 Å². The van der Waals surface area contributed by atoms with E-state index in [1.54, 1.807) is 0 Å². The van der Waals surface area contributed by atoms with Crippen molar-refractivity contribution in [1.82, 2.24) is 0 Å². The van der Waals surface area contributed by atoms with Crippen LogP contribution in [0.3, 0.4) is 0 Å². The second kappa shape index (κ2) is 68.6. The van der Waals surface area contributed by atoms with E-state index in [2.05, 4.69) is 81.5 Å². The summed E-state index contributed by atoms with van der Waals surface area (Å²) in [6.07, 6.45) is 88.3. The summed E-state index contributed by atoms with van der Waals surface area (Å²) >= 11 is 0. The van der Waals surface area contributed by atoms with E-state index in [-0.39, 0.29) is 31.1 Å². The molecule has 6 nitrogen and oxygen atoms in total. The molecule has 0 N–H and O–H groups in total. The van der Waals surface area contributed by atoms with Gasteiger partial charge in [0.2, 0.25) is 0 Å². The fourth-order valence-electron chi connectivity index (χ4n) is 10.5. The quantitative estimate of drug-likeness (QED) is 0.0261. The molecule has 0 aliphatic carbocycles. The second-order valence-corrected chi connectivity index (χ2v) is 23.8. The average Bonchev–Trinajstić information content (AvgIpc) is 3.46. The molecule has 0 aliphatic heterocycles. The molecular weight excluding hydrogens is 985 g/mol. The summed E-state index contributed by atoms with van der Waals surface area (Å²) in [6, 6.07) is 0. The molecule has 1 atom stereocenters. The summed E-state index contributed by atoms with van der Waals surface area (Å²) in [5.41, 5.74) is 0. The molecule has 0 aromatic rings. The predicted molar refractivity (Wildman–Crippen MR) is 348 cm³/mol. The van der Waals surface area contributed by atoms with E-state index >= 15 is 0 Å². The van der Waals surface area contributed by atoms with Gasteiger partial charge in [0.05, 0.1) is 0 Å². The van der Waals surface area contributed by atoms with Crippen molar-refractivity contribution in [1.29, 1.82) is 0 Å². The number of carbonyl (C=O) groups is 3. The molecule has 0 radical (unpaired) electrons. The summed E-state index contributed by atoms with van der Waals surface area (Å²) in [5, 5.41) is 0. The van der Waals surface area contributed by atoms with Gasteiger partial charge in [0.25, 0.3) is 0 Å². The SMILES string of the molecule is CC/C=C\C/C=C\C/C=C\C/C=C\CCCCCCCCCCCCCCCCCCCCCCC(=O)OCC(COC(=O)CCCCCCC/C=C\CCCCCCC)OC(=O)CCCCCCCCCCCCCCCCC. The van der Waals surface area contributed by atoms with Gasteiger partial charge in [-0.15, -0.1) is 0 Å². The van der Waals surface area contributed by atoms with Crippen molar-refractivity contribution in [3.05, 3.63) is 60.8 Å². The zero-order valence-electron chi connectivity index (χ0n) is 53.6. The first-order chi connectivity index (χ1) is 39.5. The summed E-state index contributed by atoms with van der Waals surface area (Å²) < 4.78 is 17.0. The number of esters is 3. The van der Waals surface area contributed by atoms with E-state index in [1.165, 1.54) is 244 Å². The smallest absolute Gasteiger partial charge is 0.306 e. The van der Waals surface area contributed by atoms with Crippen molar-refractivity contribution in [3.8, 4) is 0 Å². The molecule has 0 aliphatic rings. The molecule has 0 saturated carbocycles. The van der Waals surface area contributed by atoms with Gasteiger partial charge in [-0.2, -0.15) is 0 Å². The fourth-order valence-corrected chi connectivity index (χ4v) is 10.5. The van der Waals surface area contributed by atoms with E-state index in [4.69, 9.17) is 14.2 Å². The van der Waals surface area contributed by atoms with Crippen LogP contribution in [-0.2, 0) is 28.6 Å². The van der Waals surface area contributed by atoms with E-state index in [9.17, 15) is 14.4 Å². The zero-order valence-corrected chi connectivity index (χ0v) is 53.6. The number of carbonyl (C=O) groups excluding carboxylic acids is 3. The molecule has 0 saturated heterocycles.